The number of hydrogen-bond donors (Lipinski definition) is 0. The molecule has 0 radical (unpaired) electrons. The number of carbonyl (C=O) groups excluding carboxylic acids is 1. The van der Waals surface area contributed by atoms with Crippen LogP contribution in [0.3, 0.4) is 0 Å². The van der Waals surface area contributed by atoms with E-state index in [0.717, 1.165) is 25.9 Å². The van der Waals surface area contributed by atoms with Gasteiger partial charge in [0.05, 0.1) is 19.6 Å². The maximum Gasteiger partial charge on any atom is 0.310 e. The summed E-state index contributed by atoms with van der Waals surface area (Å²) in [6, 6.07) is 0. The summed E-state index contributed by atoms with van der Waals surface area (Å²) in [7, 11) is 1.38. The topological polar surface area (TPSA) is 44.8 Å². The summed E-state index contributed by atoms with van der Waals surface area (Å²) >= 11 is 0. The summed E-state index contributed by atoms with van der Waals surface area (Å²) in [6.45, 7) is 2.92. The van der Waals surface area contributed by atoms with Gasteiger partial charge in [0.2, 0.25) is 0 Å². The highest BCUT2D eigenvalue weighted by atomic mass is 16.7. The van der Waals surface area contributed by atoms with E-state index in [9.17, 15) is 4.79 Å². The second kappa shape index (κ2) is 5.98. The number of carbonyl (C=O) groups is 1. The summed E-state index contributed by atoms with van der Waals surface area (Å²) < 4.78 is 15.4. The summed E-state index contributed by atoms with van der Waals surface area (Å²) in [4.78, 5) is 11.0. The molecule has 0 aliphatic carbocycles. The van der Waals surface area contributed by atoms with Crippen LogP contribution in [0.5, 0.6) is 0 Å². The van der Waals surface area contributed by atoms with Crippen molar-refractivity contribution in [2.75, 3.05) is 20.3 Å². The Hall–Kier alpha value is -0.610. The van der Waals surface area contributed by atoms with Gasteiger partial charge in [-0.05, 0) is 26.2 Å². The Morgan fingerprint density at radius 1 is 1.57 bits per heavy atom. The van der Waals surface area contributed by atoms with E-state index in [-0.39, 0.29) is 18.2 Å². The lowest BCUT2D eigenvalue weighted by atomic mass is 10.2. The van der Waals surface area contributed by atoms with Crippen LogP contribution in [0, 0.1) is 5.92 Å². The first kappa shape index (κ1) is 11.5. The lowest BCUT2D eigenvalue weighted by Gasteiger charge is -2.23. The number of methoxy groups -OCH3 is 1. The van der Waals surface area contributed by atoms with Gasteiger partial charge >= 0.3 is 5.97 Å². The van der Waals surface area contributed by atoms with Crippen molar-refractivity contribution in [2.24, 2.45) is 5.92 Å². The normalized spacial score (nSPS) is 24.3. The molecule has 0 aromatic heterocycles. The Labute approximate surface area is 84.5 Å². The Bertz CT molecular complexity index is 175. The first-order chi connectivity index (χ1) is 6.74. The summed E-state index contributed by atoms with van der Waals surface area (Å²) in [5, 5.41) is 0. The smallest absolute Gasteiger partial charge is 0.310 e. The second-order valence-electron chi connectivity index (χ2n) is 3.55. The van der Waals surface area contributed by atoms with E-state index in [1.54, 1.807) is 6.92 Å². The predicted molar refractivity (Wildman–Crippen MR) is 50.7 cm³/mol. The van der Waals surface area contributed by atoms with Gasteiger partial charge in [0, 0.05) is 6.61 Å². The minimum Gasteiger partial charge on any atom is -0.469 e. The third kappa shape index (κ3) is 3.64. The zero-order valence-electron chi connectivity index (χ0n) is 8.82. The molecule has 0 N–H and O–H groups in total. The highest BCUT2D eigenvalue weighted by Gasteiger charge is 2.18. The quantitative estimate of drug-likeness (QED) is 0.645. The number of rotatable bonds is 4. The van der Waals surface area contributed by atoms with Crippen molar-refractivity contribution >= 4 is 5.97 Å². The third-order valence-electron chi connectivity index (χ3n) is 2.27. The van der Waals surface area contributed by atoms with E-state index in [1.807, 2.05) is 0 Å². The average molecular weight is 202 g/mol. The first-order valence-electron chi connectivity index (χ1n) is 5.05. The molecule has 0 aromatic carbocycles. The van der Waals surface area contributed by atoms with Crippen molar-refractivity contribution in [3.05, 3.63) is 0 Å². The molecule has 1 rings (SSSR count). The number of esters is 1. The van der Waals surface area contributed by atoms with Crippen LogP contribution < -0.4 is 0 Å². The van der Waals surface area contributed by atoms with Gasteiger partial charge in [-0.3, -0.25) is 4.79 Å². The molecule has 1 saturated heterocycles. The fraction of sp³-hybridized carbons (Fsp3) is 0.900. The minimum absolute atomic E-state index is 0.129. The molecule has 0 bridgehead atoms. The monoisotopic (exact) mass is 202 g/mol. The number of hydrogen-bond acceptors (Lipinski definition) is 4. The van der Waals surface area contributed by atoms with Gasteiger partial charge in [-0.25, -0.2) is 0 Å². The van der Waals surface area contributed by atoms with Crippen LogP contribution in [-0.4, -0.2) is 32.6 Å². The molecule has 2 unspecified atom stereocenters. The molecular formula is C10H18O4. The number of ether oxygens (including phenoxy) is 3. The van der Waals surface area contributed by atoms with Crippen LogP contribution in [-0.2, 0) is 19.0 Å². The van der Waals surface area contributed by atoms with Crippen LogP contribution in [0.25, 0.3) is 0 Å². The van der Waals surface area contributed by atoms with Crippen LogP contribution >= 0.6 is 0 Å². The van der Waals surface area contributed by atoms with Gasteiger partial charge in [0.1, 0.15) is 0 Å². The van der Waals surface area contributed by atoms with Crippen LogP contribution in [0.2, 0.25) is 0 Å². The van der Waals surface area contributed by atoms with Crippen LogP contribution in [0.4, 0.5) is 0 Å². The summed E-state index contributed by atoms with van der Waals surface area (Å²) in [5.41, 5.74) is 0. The molecule has 0 amide bonds. The van der Waals surface area contributed by atoms with Crippen molar-refractivity contribution in [3.8, 4) is 0 Å². The predicted octanol–water partition coefficient (Wildman–Crippen LogP) is 1.34. The van der Waals surface area contributed by atoms with Crippen molar-refractivity contribution in [1.82, 2.24) is 0 Å². The molecule has 0 aromatic rings. The summed E-state index contributed by atoms with van der Waals surface area (Å²) in [5.74, 6) is -0.452. The van der Waals surface area contributed by atoms with E-state index < -0.39 is 0 Å². The van der Waals surface area contributed by atoms with Gasteiger partial charge in [-0.1, -0.05) is 0 Å². The lowest BCUT2D eigenvalue weighted by Crippen LogP contribution is -2.27. The van der Waals surface area contributed by atoms with Crippen LogP contribution in [0.1, 0.15) is 26.2 Å². The Morgan fingerprint density at radius 3 is 2.93 bits per heavy atom. The molecule has 1 aliphatic heterocycles. The molecule has 2 atom stereocenters. The molecule has 1 heterocycles. The molecule has 82 valence electrons. The maximum atomic E-state index is 11.0. The van der Waals surface area contributed by atoms with Crippen molar-refractivity contribution < 1.29 is 19.0 Å². The zero-order valence-corrected chi connectivity index (χ0v) is 8.82. The molecule has 1 fully saturated rings. The van der Waals surface area contributed by atoms with Crippen molar-refractivity contribution in [2.45, 2.75) is 32.5 Å². The van der Waals surface area contributed by atoms with Crippen molar-refractivity contribution in [3.63, 3.8) is 0 Å². The molecule has 0 saturated carbocycles. The van der Waals surface area contributed by atoms with Gasteiger partial charge in [0.15, 0.2) is 6.29 Å². The van der Waals surface area contributed by atoms with Gasteiger partial charge < -0.3 is 14.2 Å². The van der Waals surface area contributed by atoms with E-state index >= 15 is 0 Å². The Morgan fingerprint density at radius 2 is 2.36 bits per heavy atom. The van der Waals surface area contributed by atoms with Gasteiger partial charge in [-0.15, -0.1) is 0 Å². The Kier molecular flexibility index (Phi) is 4.90. The minimum atomic E-state index is -0.235. The first-order valence-corrected chi connectivity index (χ1v) is 5.05. The SMILES string of the molecule is COC(=O)C(C)COC1CCCCO1. The zero-order chi connectivity index (χ0) is 10.4. The highest BCUT2D eigenvalue weighted by Crippen LogP contribution is 2.14. The molecule has 1 aliphatic rings. The highest BCUT2D eigenvalue weighted by molar-refractivity contribution is 5.71. The molecule has 0 spiro atoms. The van der Waals surface area contributed by atoms with E-state index in [1.165, 1.54) is 7.11 Å². The fourth-order valence-electron chi connectivity index (χ4n) is 1.36. The third-order valence-corrected chi connectivity index (χ3v) is 2.27. The fourth-order valence-corrected chi connectivity index (χ4v) is 1.36. The van der Waals surface area contributed by atoms with E-state index in [2.05, 4.69) is 4.74 Å². The second-order valence-corrected chi connectivity index (χ2v) is 3.55. The maximum absolute atomic E-state index is 11.0. The van der Waals surface area contributed by atoms with E-state index in [0.29, 0.717) is 6.61 Å². The Balaban J connectivity index is 2.15. The largest absolute Gasteiger partial charge is 0.469 e. The molecule has 4 heteroatoms. The van der Waals surface area contributed by atoms with Crippen molar-refractivity contribution in [1.29, 1.82) is 0 Å². The molecule has 4 nitrogen and oxygen atoms in total. The summed E-state index contributed by atoms with van der Waals surface area (Å²) in [6.07, 6.45) is 3.04. The average Bonchev–Trinajstić information content (AvgIpc) is 2.26. The standard InChI is InChI=1S/C10H18O4/c1-8(10(11)12-2)7-14-9-5-3-4-6-13-9/h8-9H,3-7H2,1-2H3. The van der Waals surface area contributed by atoms with Crippen LogP contribution in [0.15, 0.2) is 0 Å². The molecular weight excluding hydrogens is 184 g/mol. The molecule has 14 heavy (non-hydrogen) atoms. The van der Waals surface area contributed by atoms with Gasteiger partial charge in [0.25, 0.3) is 0 Å². The van der Waals surface area contributed by atoms with Gasteiger partial charge in [-0.2, -0.15) is 0 Å². The van der Waals surface area contributed by atoms with E-state index in [4.69, 9.17) is 9.47 Å². The lowest BCUT2D eigenvalue weighted by molar-refractivity contribution is -0.175.